The maximum Gasteiger partial charge on any atom is 0.422 e. The molecule has 0 saturated carbocycles. The van der Waals surface area contributed by atoms with Crippen LogP contribution in [0.2, 0.25) is 0 Å². The number of carbonyl (C=O) groups is 1. The lowest BCUT2D eigenvalue weighted by Crippen LogP contribution is -2.20. The van der Waals surface area contributed by atoms with Crippen molar-refractivity contribution in [2.45, 2.75) is 26.9 Å². The van der Waals surface area contributed by atoms with Gasteiger partial charge >= 0.3 is 12.1 Å². The van der Waals surface area contributed by atoms with E-state index in [1.54, 1.807) is 0 Å². The van der Waals surface area contributed by atoms with Crippen molar-refractivity contribution in [3.05, 3.63) is 47.5 Å². The molecule has 0 fully saturated rings. The molecule has 0 unspecified atom stereocenters. The third-order valence-electron chi connectivity index (χ3n) is 1.93. The normalized spacial score (nSPS) is 10.2. The van der Waals surface area contributed by atoms with Gasteiger partial charge in [0.25, 0.3) is 0 Å². The SMILES string of the molecule is C=C(C)C(=O)OCC(F)(F)F.Cc1ccc(C)cc1. The minimum absolute atomic E-state index is 0.0470. The van der Waals surface area contributed by atoms with Crippen LogP contribution in [0.3, 0.4) is 0 Å². The van der Waals surface area contributed by atoms with E-state index in [0.717, 1.165) is 0 Å². The van der Waals surface area contributed by atoms with Crippen LogP contribution in [0.4, 0.5) is 13.2 Å². The van der Waals surface area contributed by atoms with Crippen molar-refractivity contribution in [2.24, 2.45) is 0 Å². The van der Waals surface area contributed by atoms with Gasteiger partial charge in [-0.2, -0.15) is 13.2 Å². The summed E-state index contributed by atoms with van der Waals surface area (Å²) < 4.78 is 37.9. The molecule has 0 atom stereocenters. The van der Waals surface area contributed by atoms with Gasteiger partial charge in [-0.05, 0) is 20.8 Å². The van der Waals surface area contributed by atoms with Crippen molar-refractivity contribution in [1.82, 2.24) is 0 Å². The van der Waals surface area contributed by atoms with Crippen molar-refractivity contribution in [3.63, 3.8) is 0 Å². The molecule has 19 heavy (non-hydrogen) atoms. The standard InChI is InChI=1S/C8H10.C6H7F3O2/c1-7-3-5-8(2)6-4-7;1-4(2)5(10)11-3-6(7,8)9/h3-6H,1-2H3;1,3H2,2H3. The molecule has 0 bridgehead atoms. The molecule has 1 rings (SSSR count). The lowest BCUT2D eigenvalue weighted by atomic mass is 10.2. The minimum atomic E-state index is -4.47. The summed E-state index contributed by atoms with van der Waals surface area (Å²) in [5, 5.41) is 0. The first-order chi connectivity index (χ1) is 8.61. The second kappa shape index (κ2) is 7.61. The molecule has 1 aromatic rings. The van der Waals surface area contributed by atoms with Gasteiger partial charge in [-0.15, -0.1) is 0 Å². The number of halogens is 3. The highest BCUT2D eigenvalue weighted by Gasteiger charge is 2.29. The number of benzene rings is 1. The van der Waals surface area contributed by atoms with E-state index in [-0.39, 0.29) is 5.57 Å². The Morgan fingerprint density at radius 2 is 1.53 bits per heavy atom. The molecule has 0 aliphatic heterocycles. The molecule has 0 aromatic heterocycles. The second-order valence-corrected chi connectivity index (χ2v) is 4.13. The zero-order chi connectivity index (χ0) is 15.1. The predicted molar refractivity (Wildman–Crippen MR) is 67.7 cm³/mol. The third kappa shape index (κ3) is 9.88. The Labute approximate surface area is 110 Å². The van der Waals surface area contributed by atoms with Gasteiger partial charge in [0.1, 0.15) is 0 Å². The van der Waals surface area contributed by atoms with Gasteiger partial charge in [0.05, 0.1) is 0 Å². The molecule has 2 nitrogen and oxygen atoms in total. The van der Waals surface area contributed by atoms with Gasteiger partial charge in [-0.25, -0.2) is 4.79 Å². The molecule has 106 valence electrons. The Bertz CT molecular complexity index is 398. The maximum absolute atomic E-state index is 11.4. The van der Waals surface area contributed by atoms with E-state index in [4.69, 9.17) is 0 Å². The van der Waals surface area contributed by atoms with Crippen LogP contribution in [0.5, 0.6) is 0 Å². The molecular weight excluding hydrogens is 257 g/mol. The Morgan fingerprint density at radius 3 is 1.79 bits per heavy atom. The lowest BCUT2D eigenvalue weighted by molar-refractivity contribution is -0.183. The van der Waals surface area contributed by atoms with Gasteiger partial charge in [-0.3, -0.25) is 0 Å². The summed E-state index contributed by atoms with van der Waals surface area (Å²) in [7, 11) is 0. The summed E-state index contributed by atoms with van der Waals surface area (Å²) >= 11 is 0. The summed E-state index contributed by atoms with van der Waals surface area (Å²) in [6, 6.07) is 8.48. The van der Waals surface area contributed by atoms with E-state index >= 15 is 0 Å². The number of hydrogen-bond donors (Lipinski definition) is 0. The van der Waals surface area contributed by atoms with Crippen molar-refractivity contribution in [2.75, 3.05) is 6.61 Å². The fourth-order valence-corrected chi connectivity index (χ4v) is 0.907. The zero-order valence-corrected chi connectivity index (χ0v) is 11.2. The highest BCUT2D eigenvalue weighted by molar-refractivity contribution is 5.86. The van der Waals surface area contributed by atoms with Crippen LogP contribution in [-0.4, -0.2) is 18.8 Å². The molecule has 5 heteroatoms. The molecule has 0 amide bonds. The Kier molecular flexibility index (Phi) is 6.90. The van der Waals surface area contributed by atoms with E-state index in [0.29, 0.717) is 0 Å². The number of hydrogen-bond acceptors (Lipinski definition) is 2. The van der Waals surface area contributed by atoms with Crippen LogP contribution in [0.25, 0.3) is 0 Å². The fraction of sp³-hybridized carbons (Fsp3) is 0.357. The molecule has 1 aromatic carbocycles. The average Bonchev–Trinajstić information content (AvgIpc) is 2.29. The smallest absolute Gasteiger partial charge is 0.422 e. The van der Waals surface area contributed by atoms with Crippen molar-refractivity contribution in [1.29, 1.82) is 0 Å². The first-order valence-corrected chi connectivity index (χ1v) is 5.54. The first kappa shape index (κ1) is 17.2. The molecule has 0 N–H and O–H groups in total. The van der Waals surface area contributed by atoms with E-state index in [1.165, 1.54) is 18.1 Å². The number of aryl methyl sites for hydroxylation is 2. The topological polar surface area (TPSA) is 26.3 Å². The van der Waals surface area contributed by atoms with Crippen LogP contribution >= 0.6 is 0 Å². The van der Waals surface area contributed by atoms with Crippen LogP contribution < -0.4 is 0 Å². The van der Waals surface area contributed by atoms with Gasteiger partial charge in [-0.1, -0.05) is 42.0 Å². The molecule has 0 heterocycles. The monoisotopic (exact) mass is 274 g/mol. The summed E-state index contributed by atoms with van der Waals surface area (Å²) in [5.41, 5.74) is 2.61. The van der Waals surface area contributed by atoms with Gasteiger partial charge in [0.15, 0.2) is 6.61 Å². The zero-order valence-electron chi connectivity index (χ0n) is 11.2. The van der Waals surface area contributed by atoms with Crippen LogP contribution in [0.15, 0.2) is 36.4 Å². The number of esters is 1. The van der Waals surface area contributed by atoms with Gasteiger partial charge < -0.3 is 4.74 Å². The van der Waals surface area contributed by atoms with Gasteiger partial charge in [0, 0.05) is 5.57 Å². The molecular formula is C14H17F3O2. The van der Waals surface area contributed by atoms with E-state index in [9.17, 15) is 18.0 Å². The summed E-state index contributed by atoms with van der Waals surface area (Å²) in [6.45, 7) is 7.03. The van der Waals surface area contributed by atoms with Crippen molar-refractivity contribution >= 4 is 5.97 Å². The van der Waals surface area contributed by atoms with Crippen LogP contribution in [0, 0.1) is 13.8 Å². The number of ether oxygens (including phenoxy) is 1. The molecule has 0 radical (unpaired) electrons. The van der Waals surface area contributed by atoms with E-state index in [2.05, 4.69) is 49.4 Å². The quantitative estimate of drug-likeness (QED) is 0.602. The Hall–Kier alpha value is -1.78. The second-order valence-electron chi connectivity index (χ2n) is 4.13. The van der Waals surface area contributed by atoms with E-state index in [1.807, 2.05) is 0 Å². The summed E-state index contributed by atoms with van der Waals surface area (Å²) in [6.07, 6.45) is -4.47. The lowest BCUT2D eigenvalue weighted by Gasteiger charge is -2.06. The molecule has 0 aliphatic carbocycles. The van der Waals surface area contributed by atoms with Gasteiger partial charge in [0.2, 0.25) is 0 Å². The van der Waals surface area contributed by atoms with Crippen molar-refractivity contribution in [3.8, 4) is 0 Å². The van der Waals surface area contributed by atoms with Crippen LogP contribution in [0.1, 0.15) is 18.1 Å². The average molecular weight is 274 g/mol. The molecule has 0 saturated heterocycles. The Balaban J connectivity index is 0.000000356. The minimum Gasteiger partial charge on any atom is -0.453 e. The maximum atomic E-state index is 11.4. The molecule has 0 aliphatic rings. The highest BCUT2D eigenvalue weighted by Crippen LogP contribution is 2.14. The first-order valence-electron chi connectivity index (χ1n) is 5.54. The third-order valence-corrected chi connectivity index (χ3v) is 1.93. The summed E-state index contributed by atoms with van der Waals surface area (Å²) in [4.78, 5) is 10.4. The Morgan fingerprint density at radius 1 is 1.16 bits per heavy atom. The number of carbonyl (C=O) groups excluding carboxylic acids is 1. The fourth-order valence-electron chi connectivity index (χ4n) is 0.907. The number of alkyl halides is 3. The van der Waals surface area contributed by atoms with Crippen molar-refractivity contribution < 1.29 is 22.7 Å². The molecule has 0 spiro atoms. The van der Waals surface area contributed by atoms with Crippen LogP contribution in [-0.2, 0) is 9.53 Å². The number of rotatable bonds is 2. The largest absolute Gasteiger partial charge is 0.453 e. The predicted octanol–water partition coefficient (Wildman–Crippen LogP) is 3.97. The van der Waals surface area contributed by atoms with E-state index < -0.39 is 18.8 Å². The summed E-state index contributed by atoms with van der Waals surface area (Å²) in [5.74, 6) is -1.03. The highest BCUT2D eigenvalue weighted by atomic mass is 19.4.